The molecule has 0 aromatic carbocycles. The van der Waals surface area contributed by atoms with Gasteiger partial charge in [0.15, 0.2) is 6.10 Å². The molecular weight excluding hydrogens is 1020 g/mol. The van der Waals surface area contributed by atoms with Crippen LogP contribution in [0.5, 0.6) is 0 Å². The lowest BCUT2D eigenvalue weighted by Gasteiger charge is -2.18. The molecule has 1 unspecified atom stereocenters. The van der Waals surface area contributed by atoms with Crippen molar-refractivity contribution in [2.24, 2.45) is 0 Å². The molecule has 0 heterocycles. The first-order valence-corrected chi connectivity index (χ1v) is 37.8. The first-order valence-electron chi connectivity index (χ1n) is 37.8. The zero-order valence-corrected chi connectivity index (χ0v) is 56.5. The van der Waals surface area contributed by atoms with Crippen LogP contribution in [0.15, 0.2) is 24.3 Å². The average Bonchev–Trinajstić information content (AvgIpc) is 3.49. The molecular formula is C77H146O6. The van der Waals surface area contributed by atoms with Gasteiger partial charge in [0.05, 0.1) is 0 Å². The van der Waals surface area contributed by atoms with Gasteiger partial charge in [-0.2, -0.15) is 0 Å². The molecule has 83 heavy (non-hydrogen) atoms. The number of carbonyl (C=O) groups excluding carboxylic acids is 3. The lowest BCUT2D eigenvalue weighted by atomic mass is 10.0. The summed E-state index contributed by atoms with van der Waals surface area (Å²) < 4.78 is 17.1. The smallest absolute Gasteiger partial charge is 0.306 e. The summed E-state index contributed by atoms with van der Waals surface area (Å²) in [7, 11) is 0. The highest BCUT2D eigenvalue weighted by atomic mass is 16.6. The second-order valence-electron chi connectivity index (χ2n) is 25.9. The van der Waals surface area contributed by atoms with E-state index in [1.54, 1.807) is 0 Å². The van der Waals surface area contributed by atoms with Gasteiger partial charge in [-0.25, -0.2) is 0 Å². The molecule has 0 N–H and O–H groups in total. The Morgan fingerprint density at radius 3 is 0.602 bits per heavy atom. The second-order valence-corrected chi connectivity index (χ2v) is 25.9. The van der Waals surface area contributed by atoms with Crippen molar-refractivity contribution in [2.45, 2.75) is 438 Å². The molecule has 0 radical (unpaired) electrons. The third-order valence-electron chi connectivity index (χ3n) is 17.4. The zero-order chi connectivity index (χ0) is 59.9. The molecule has 0 bridgehead atoms. The molecule has 0 aliphatic heterocycles. The second kappa shape index (κ2) is 72.4. The summed E-state index contributed by atoms with van der Waals surface area (Å²) in [5.74, 6) is -0.830. The van der Waals surface area contributed by atoms with Gasteiger partial charge in [-0.3, -0.25) is 14.4 Å². The minimum atomic E-state index is -0.771. The molecule has 1 atom stereocenters. The topological polar surface area (TPSA) is 78.9 Å². The maximum atomic E-state index is 13.0. The van der Waals surface area contributed by atoms with Crippen molar-refractivity contribution in [2.75, 3.05) is 13.2 Å². The molecule has 0 fully saturated rings. The van der Waals surface area contributed by atoms with Crippen LogP contribution in [-0.4, -0.2) is 37.2 Å². The Hall–Kier alpha value is -2.11. The van der Waals surface area contributed by atoms with E-state index in [1.165, 1.54) is 334 Å². The van der Waals surface area contributed by atoms with Crippen molar-refractivity contribution in [3.63, 3.8) is 0 Å². The lowest BCUT2D eigenvalue weighted by Crippen LogP contribution is -2.30. The Balaban J connectivity index is 4.29. The van der Waals surface area contributed by atoms with Gasteiger partial charge in [-0.15, -0.1) is 0 Å². The molecule has 6 nitrogen and oxygen atoms in total. The van der Waals surface area contributed by atoms with E-state index in [9.17, 15) is 14.4 Å². The van der Waals surface area contributed by atoms with Crippen molar-refractivity contribution in [3.05, 3.63) is 24.3 Å². The first kappa shape index (κ1) is 80.9. The number of ether oxygens (including phenoxy) is 3. The van der Waals surface area contributed by atoms with E-state index in [0.29, 0.717) is 19.3 Å². The van der Waals surface area contributed by atoms with Gasteiger partial charge in [-0.05, 0) is 70.6 Å². The van der Waals surface area contributed by atoms with E-state index in [0.717, 1.165) is 57.8 Å². The molecule has 0 saturated heterocycles. The fourth-order valence-electron chi connectivity index (χ4n) is 11.7. The number of carbonyl (C=O) groups is 3. The number of rotatable bonds is 71. The number of esters is 3. The van der Waals surface area contributed by atoms with Crippen LogP contribution in [0.2, 0.25) is 0 Å². The number of allylic oxidation sites excluding steroid dienone is 4. The Morgan fingerprint density at radius 1 is 0.229 bits per heavy atom. The minimum Gasteiger partial charge on any atom is -0.462 e. The SMILES string of the molecule is CCCCCCCCCC/C=C\CCCCCCCCCCCCCC(=O)OCC(COC(=O)CCCCCCCCCCCCCCCCCCCCC)OC(=O)CCCCCCCCCCCCC/C=C\CCCCCCCCCC. The van der Waals surface area contributed by atoms with E-state index in [4.69, 9.17) is 14.2 Å². The largest absolute Gasteiger partial charge is 0.462 e. The van der Waals surface area contributed by atoms with Crippen LogP contribution in [0.4, 0.5) is 0 Å². The highest BCUT2D eigenvalue weighted by Gasteiger charge is 2.20. The maximum absolute atomic E-state index is 13.0. The van der Waals surface area contributed by atoms with Crippen molar-refractivity contribution < 1.29 is 28.6 Å². The lowest BCUT2D eigenvalue weighted by molar-refractivity contribution is -0.167. The van der Waals surface area contributed by atoms with Crippen molar-refractivity contribution >= 4 is 17.9 Å². The van der Waals surface area contributed by atoms with E-state index in [2.05, 4.69) is 45.1 Å². The number of hydrogen-bond donors (Lipinski definition) is 0. The van der Waals surface area contributed by atoms with Crippen LogP contribution in [-0.2, 0) is 28.6 Å². The molecule has 0 saturated carbocycles. The summed E-state index contributed by atoms with van der Waals surface area (Å²) in [5.41, 5.74) is 0. The fourth-order valence-corrected chi connectivity index (χ4v) is 11.7. The van der Waals surface area contributed by atoms with Crippen LogP contribution in [0.3, 0.4) is 0 Å². The monoisotopic (exact) mass is 1170 g/mol. The van der Waals surface area contributed by atoms with E-state index in [-0.39, 0.29) is 31.1 Å². The fraction of sp³-hybridized carbons (Fsp3) is 0.909. The van der Waals surface area contributed by atoms with Gasteiger partial charge < -0.3 is 14.2 Å². The molecule has 490 valence electrons. The Morgan fingerprint density at radius 2 is 0.398 bits per heavy atom. The Labute approximate surface area is 519 Å². The van der Waals surface area contributed by atoms with Gasteiger partial charge in [-0.1, -0.05) is 366 Å². The molecule has 0 aliphatic rings. The van der Waals surface area contributed by atoms with Gasteiger partial charge in [0.2, 0.25) is 0 Å². The minimum absolute atomic E-state index is 0.0653. The van der Waals surface area contributed by atoms with Crippen LogP contribution >= 0.6 is 0 Å². The van der Waals surface area contributed by atoms with Crippen molar-refractivity contribution in [1.29, 1.82) is 0 Å². The summed E-state index contributed by atoms with van der Waals surface area (Å²) in [6.45, 7) is 6.74. The summed E-state index contributed by atoms with van der Waals surface area (Å²) in [6.07, 6.45) is 89.3. The Bertz CT molecular complexity index is 1340. The molecule has 0 amide bonds. The van der Waals surface area contributed by atoms with Gasteiger partial charge >= 0.3 is 17.9 Å². The first-order chi connectivity index (χ1) is 41.0. The van der Waals surface area contributed by atoms with Crippen LogP contribution in [0, 0.1) is 0 Å². The van der Waals surface area contributed by atoms with Crippen LogP contribution in [0.25, 0.3) is 0 Å². The summed E-state index contributed by atoms with van der Waals surface area (Å²) >= 11 is 0. The third-order valence-corrected chi connectivity index (χ3v) is 17.4. The van der Waals surface area contributed by atoms with Gasteiger partial charge in [0.25, 0.3) is 0 Å². The van der Waals surface area contributed by atoms with Crippen molar-refractivity contribution in [3.8, 4) is 0 Å². The third kappa shape index (κ3) is 70.5. The number of hydrogen-bond acceptors (Lipinski definition) is 6. The van der Waals surface area contributed by atoms with Crippen LogP contribution in [0.1, 0.15) is 432 Å². The predicted molar refractivity (Wildman–Crippen MR) is 363 cm³/mol. The van der Waals surface area contributed by atoms with Crippen LogP contribution < -0.4 is 0 Å². The molecule has 0 rings (SSSR count). The molecule has 0 aliphatic carbocycles. The predicted octanol–water partition coefficient (Wildman–Crippen LogP) is 26.1. The Kier molecular flexibility index (Phi) is 70.5. The number of unbranched alkanes of at least 4 members (excludes halogenated alkanes) is 56. The summed E-state index contributed by atoms with van der Waals surface area (Å²) in [6, 6.07) is 0. The van der Waals surface area contributed by atoms with Crippen molar-refractivity contribution in [1.82, 2.24) is 0 Å². The maximum Gasteiger partial charge on any atom is 0.306 e. The van der Waals surface area contributed by atoms with Gasteiger partial charge in [0.1, 0.15) is 13.2 Å². The normalized spacial score (nSPS) is 12.1. The van der Waals surface area contributed by atoms with Gasteiger partial charge in [0, 0.05) is 19.3 Å². The zero-order valence-electron chi connectivity index (χ0n) is 56.5. The van der Waals surface area contributed by atoms with E-state index < -0.39 is 6.10 Å². The van der Waals surface area contributed by atoms with E-state index in [1.807, 2.05) is 0 Å². The molecule has 0 spiro atoms. The average molecular weight is 1170 g/mol. The summed E-state index contributed by atoms with van der Waals surface area (Å²) in [4.78, 5) is 38.6. The summed E-state index contributed by atoms with van der Waals surface area (Å²) in [5, 5.41) is 0. The molecule has 0 aromatic heterocycles. The molecule has 6 heteroatoms. The molecule has 0 aromatic rings. The van der Waals surface area contributed by atoms with E-state index >= 15 is 0 Å². The standard InChI is InChI=1S/C77H146O6/c1-4-7-10-13-16-19-22-25-28-31-34-36-38-40-43-46-49-52-55-58-61-64-67-70-76(79)82-73-74(72-81-75(78)69-66-63-60-57-54-51-48-45-42-33-30-27-24-21-18-15-12-9-6-3)83-77(80)71-68-65-62-59-56-53-50-47-44-41-39-37-35-32-29-26-23-20-17-14-11-8-5-2/h31-32,34-35,74H,4-30,33,36-73H2,1-3H3/b34-31-,35-32-. The highest BCUT2D eigenvalue weighted by Crippen LogP contribution is 2.19. The highest BCUT2D eigenvalue weighted by molar-refractivity contribution is 5.71. The quantitative estimate of drug-likeness (QED) is 0.0261.